The molecule has 78 valence electrons. The molecule has 0 radical (unpaired) electrons. The summed E-state index contributed by atoms with van der Waals surface area (Å²) < 4.78 is 13.1. The van der Waals surface area contributed by atoms with Crippen molar-refractivity contribution in [3.05, 3.63) is 0 Å². The van der Waals surface area contributed by atoms with Gasteiger partial charge in [0.1, 0.15) is 0 Å². The van der Waals surface area contributed by atoms with Crippen molar-refractivity contribution in [3.63, 3.8) is 0 Å². The molecule has 0 aromatic carbocycles. The van der Waals surface area contributed by atoms with E-state index in [9.17, 15) is 4.79 Å². The number of esters is 1. The molecule has 1 heterocycles. The first kappa shape index (κ1) is 11.9. The number of halogens is 2. The van der Waals surface area contributed by atoms with E-state index in [1.807, 2.05) is 13.8 Å². The first-order valence-corrected chi connectivity index (χ1v) is 7.31. The van der Waals surface area contributed by atoms with Gasteiger partial charge in [-0.15, -0.1) is 0 Å². The van der Waals surface area contributed by atoms with E-state index in [-0.39, 0.29) is 34.2 Å². The van der Waals surface area contributed by atoms with Gasteiger partial charge in [0.05, 0.1) is 0 Å². The normalized spacial score (nSPS) is 25.6. The Morgan fingerprint density at radius 1 is 1.77 bits per heavy atom. The van der Waals surface area contributed by atoms with Crippen LogP contribution in [0.2, 0.25) is 0 Å². The minimum atomic E-state index is -0.415. The summed E-state index contributed by atoms with van der Waals surface area (Å²) in [5.74, 6) is -0.184. The Balaban J connectivity index is 2.28. The van der Waals surface area contributed by atoms with Crippen LogP contribution in [0.15, 0.2) is 0 Å². The number of hydrogen-bond acceptors (Lipinski definition) is 4. The van der Waals surface area contributed by atoms with Crippen LogP contribution in [0.4, 0.5) is 0 Å². The molecule has 0 aliphatic carbocycles. The Hall–Kier alpha value is 0.850. The second-order valence-electron chi connectivity index (χ2n) is 2.70. The molecule has 0 aromatic heterocycles. The van der Waals surface area contributed by atoms with Crippen LogP contribution in [0.3, 0.4) is 0 Å². The molecule has 4 nitrogen and oxygen atoms in total. The van der Waals surface area contributed by atoms with Crippen LogP contribution in [-0.4, -0.2) is 26.8 Å². The van der Waals surface area contributed by atoms with Crippen molar-refractivity contribution in [2.24, 2.45) is 0 Å². The third-order valence-electron chi connectivity index (χ3n) is 1.57. The Labute approximate surface area is 102 Å². The topological polar surface area (TPSA) is 57.5 Å². The first-order chi connectivity index (χ1) is 6.09. The zero-order valence-corrected chi connectivity index (χ0v) is 11.8. The van der Waals surface area contributed by atoms with Gasteiger partial charge < -0.3 is 0 Å². The van der Waals surface area contributed by atoms with Gasteiger partial charge in [-0.25, -0.2) is 0 Å². The average Bonchev–Trinajstić information content (AvgIpc) is 2.86. The van der Waals surface area contributed by atoms with Gasteiger partial charge in [-0.3, -0.25) is 0 Å². The predicted molar refractivity (Wildman–Crippen MR) is 51.9 cm³/mol. The molecule has 1 aliphatic heterocycles. The van der Waals surface area contributed by atoms with E-state index >= 15 is 0 Å². The SMILES string of the molecule is CCOCOC(=O)C(C)(I)C1N[I-]1. The number of carbonyl (C=O) groups is 1. The summed E-state index contributed by atoms with van der Waals surface area (Å²) in [5, 5.41) is 0. The zero-order valence-electron chi connectivity index (χ0n) is 7.47. The Morgan fingerprint density at radius 2 is 2.38 bits per heavy atom. The summed E-state index contributed by atoms with van der Waals surface area (Å²) in [6, 6.07) is 0. The molecule has 0 aromatic rings. The van der Waals surface area contributed by atoms with Crippen LogP contribution < -0.4 is 25.0 Å². The standard InChI is InChI=1S/C7H12I2NO3/c1-3-12-4-13-6(11)7(2,8)5-9-10-5/h5,10H,3-4H2,1-2H3/q-1. The van der Waals surface area contributed by atoms with Crippen molar-refractivity contribution in [1.29, 1.82) is 0 Å². The number of alkyl halides is 2. The maximum absolute atomic E-state index is 11.5. The van der Waals surface area contributed by atoms with Crippen molar-refractivity contribution in [2.75, 3.05) is 13.4 Å². The monoisotopic (exact) mass is 412 g/mol. The van der Waals surface area contributed by atoms with Gasteiger partial charge >= 0.3 is 103 Å². The van der Waals surface area contributed by atoms with Gasteiger partial charge in [0.2, 0.25) is 0 Å². The molecule has 1 fully saturated rings. The molecular formula is C7H12I2NO3-. The fraction of sp³-hybridized carbons (Fsp3) is 0.857. The molecule has 1 rings (SSSR count). The molecule has 1 aliphatic rings. The molecular weight excluding hydrogens is 400 g/mol. The van der Waals surface area contributed by atoms with Crippen LogP contribution in [0.5, 0.6) is 0 Å². The molecule has 1 N–H and O–H groups in total. The predicted octanol–water partition coefficient (Wildman–Crippen LogP) is -2.35. The third-order valence-corrected chi connectivity index (χ3v) is 6.32. The molecule has 0 saturated carbocycles. The quantitative estimate of drug-likeness (QED) is 0.0804. The third kappa shape index (κ3) is 3.48. The van der Waals surface area contributed by atoms with Crippen LogP contribution in [0.25, 0.3) is 0 Å². The number of nitrogens with one attached hydrogen (secondary N) is 1. The van der Waals surface area contributed by atoms with Crippen molar-refractivity contribution in [1.82, 2.24) is 3.53 Å². The van der Waals surface area contributed by atoms with E-state index < -0.39 is 3.42 Å². The fourth-order valence-electron chi connectivity index (χ4n) is 0.660. The van der Waals surface area contributed by atoms with Gasteiger partial charge in [-0.2, -0.15) is 0 Å². The fourth-order valence-corrected chi connectivity index (χ4v) is 4.00. The zero-order chi connectivity index (χ0) is 9.90. The van der Waals surface area contributed by atoms with Crippen LogP contribution >= 0.6 is 22.6 Å². The van der Waals surface area contributed by atoms with Gasteiger partial charge in [0, 0.05) is 0 Å². The minimum absolute atomic E-state index is 0.0319. The van der Waals surface area contributed by atoms with Crippen molar-refractivity contribution in [2.45, 2.75) is 21.3 Å². The van der Waals surface area contributed by atoms with Crippen molar-refractivity contribution in [3.8, 4) is 0 Å². The van der Waals surface area contributed by atoms with Gasteiger partial charge in [-0.1, -0.05) is 0 Å². The second-order valence-corrected chi connectivity index (χ2v) is 7.43. The molecule has 2 unspecified atom stereocenters. The molecule has 13 heavy (non-hydrogen) atoms. The van der Waals surface area contributed by atoms with E-state index in [2.05, 4.69) is 26.1 Å². The van der Waals surface area contributed by atoms with Crippen molar-refractivity contribution < 1.29 is 35.7 Å². The van der Waals surface area contributed by atoms with E-state index in [0.29, 0.717) is 10.7 Å². The molecule has 0 bridgehead atoms. The summed E-state index contributed by atoms with van der Waals surface area (Å²) in [4.78, 5) is 11.5. The molecule has 0 spiro atoms. The number of rotatable bonds is 5. The summed E-state index contributed by atoms with van der Waals surface area (Å²) in [5.41, 5.74) is 0. The van der Waals surface area contributed by atoms with E-state index in [1.165, 1.54) is 0 Å². The summed E-state index contributed by atoms with van der Waals surface area (Å²) in [6.07, 6.45) is 0. The van der Waals surface area contributed by atoms with E-state index in [0.717, 1.165) is 0 Å². The number of ether oxygens (including phenoxy) is 2. The average molecular weight is 412 g/mol. The Kier molecular flexibility index (Phi) is 4.66. The Morgan fingerprint density at radius 3 is 2.85 bits per heavy atom. The Bertz CT molecular complexity index is 194. The summed E-state index contributed by atoms with van der Waals surface area (Å²) in [6.45, 7) is 4.40. The van der Waals surface area contributed by atoms with E-state index in [4.69, 9.17) is 9.47 Å². The van der Waals surface area contributed by atoms with Crippen LogP contribution in [0, 0.1) is 0 Å². The maximum atomic E-state index is 11.5. The molecule has 0 amide bonds. The number of carbonyl (C=O) groups excluding carboxylic acids is 1. The van der Waals surface area contributed by atoms with E-state index in [1.54, 1.807) is 0 Å². The van der Waals surface area contributed by atoms with Crippen LogP contribution in [0.1, 0.15) is 13.8 Å². The van der Waals surface area contributed by atoms with Crippen molar-refractivity contribution >= 4 is 28.6 Å². The second kappa shape index (κ2) is 5.08. The van der Waals surface area contributed by atoms with Crippen LogP contribution in [-0.2, 0) is 14.3 Å². The van der Waals surface area contributed by atoms with Gasteiger partial charge in [-0.05, 0) is 0 Å². The molecule has 2 atom stereocenters. The molecule has 6 heteroatoms. The summed E-state index contributed by atoms with van der Waals surface area (Å²) >= 11 is 2.17. The molecule has 1 saturated heterocycles. The van der Waals surface area contributed by atoms with Gasteiger partial charge in [0.25, 0.3) is 0 Å². The van der Waals surface area contributed by atoms with Gasteiger partial charge in [0.15, 0.2) is 0 Å². The summed E-state index contributed by atoms with van der Waals surface area (Å²) in [7, 11) is 0. The first-order valence-electron chi connectivity index (χ1n) is 3.90. The number of hydrogen-bond donors (Lipinski definition) is 1.